The molecule has 0 saturated heterocycles. The number of carboxylic acid groups (broad SMARTS) is 1. The average molecular weight is 300 g/mol. The first kappa shape index (κ1) is 17.4. The average Bonchev–Trinajstić information content (AvgIpc) is 3.18. The molecule has 0 aliphatic heterocycles. The van der Waals surface area contributed by atoms with E-state index < -0.39 is 5.97 Å². The Balaban J connectivity index is 2.16. The van der Waals surface area contributed by atoms with E-state index in [2.05, 4.69) is 5.32 Å². The Labute approximate surface area is 124 Å². The number of rotatable bonds is 11. The van der Waals surface area contributed by atoms with Crippen LogP contribution < -0.4 is 5.32 Å². The van der Waals surface area contributed by atoms with Crippen molar-refractivity contribution in [2.24, 2.45) is 5.92 Å². The summed E-state index contributed by atoms with van der Waals surface area (Å²) >= 11 is 0. The molecule has 7 heteroatoms. The second-order valence-electron chi connectivity index (χ2n) is 5.27. The SMILES string of the molecule is CCOC(=O)CCCNC(=O)CN(CC(=O)O)CC1CC1. The van der Waals surface area contributed by atoms with Gasteiger partial charge in [-0.15, -0.1) is 0 Å². The largest absolute Gasteiger partial charge is 0.480 e. The molecular weight excluding hydrogens is 276 g/mol. The van der Waals surface area contributed by atoms with Crippen molar-refractivity contribution < 1.29 is 24.2 Å². The Morgan fingerprint density at radius 1 is 1.29 bits per heavy atom. The Hall–Kier alpha value is -1.63. The summed E-state index contributed by atoms with van der Waals surface area (Å²) in [6.07, 6.45) is 3.01. The number of ether oxygens (including phenoxy) is 1. The standard InChI is InChI=1S/C14H24N2O5/c1-2-21-14(20)4-3-7-15-12(17)9-16(10-13(18)19)8-11-5-6-11/h11H,2-10H2,1H3,(H,15,17)(H,18,19). The summed E-state index contributed by atoms with van der Waals surface area (Å²) < 4.78 is 4.78. The summed E-state index contributed by atoms with van der Waals surface area (Å²) in [7, 11) is 0. The summed E-state index contributed by atoms with van der Waals surface area (Å²) in [6, 6.07) is 0. The molecule has 0 atom stereocenters. The highest BCUT2D eigenvalue weighted by Gasteiger charge is 2.26. The van der Waals surface area contributed by atoms with Gasteiger partial charge in [0.15, 0.2) is 0 Å². The fourth-order valence-corrected chi connectivity index (χ4v) is 1.99. The highest BCUT2D eigenvalue weighted by Crippen LogP contribution is 2.29. The van der Waals surface area contributed by atoms with Crippen molar-refractivity contribution in [2.45, 2.75) is 32.6 Å². The zero-order valence-corrected chi connectivity index (χ0v) is 12.5. The molecule has 7 nitrogen and oxygen atoms in total. The maximum absolute atomic E-state index is 11.7. The summed E-state index contributed by atoms with van der Waals surface area (Å²) in [5.41, 5.74) is 0. The lowest BCUT2D eigenvalue weighted by Crippen LogP contribution is -2.41. The second-order valence-corrected chi connectivity index (χ2v) is 5.27. The predicted molar refractivity (Wildman–Crippen MR) is 75.7 cm³/mol. The van der Waals surface area contributed by atoms with Gasteiger partial charge >= 0.3 is 11.9 Å². The molecule has 0 radical (unpaired) electrons. The van der Waals surface area contributed by atoms with Crippen molar-refractivity contribution in [3.8, 4) is 0 Å². The highest BCUT2D eigenvalue weighted by molar-refractivity contribution is 5.79. The first-order valence-corrected chi connectivity index (χ1v) is 7.37. The number of amides is 1. The van der Waals surface area contributed by atoms with E-state index in [4.69, 9.17) is 9.84 Å². The van der Waals surface area contributed by atoms with E-state index in [0.717, 1.165) is 12.8 Å². The quantitative estimate of drug-likeness (QED) is 0.419. The molecule has 0 heterocycles. The molecule has 1 aliphatic carbocycles. The normalized spacial score (nSPS) is 14.0. The van der Waals surface area contributed by atoms with Gasteiger partial charge in [0.2, 0.25) is 5.91 Å². The van der Waals surface area contributed by atoms with Gasteiger partial charge in [-0.3, -0.25) is 19.3 Å². The third kappa shape index (κ3) is 9.01. The molecule has 1 saturated carbocycles. The van der Waals surface area contributed by atoms with Crippen LogP contribution in [0.15, 0.2) is 0 Å². The zero-order valence-electron chi connectivity index (χ0n) is 12.5. The van der Waals surface area contributed by atoms with Crippen LogP contribution in [0.2, 0.25) is 0 Å². The summed E-state index contributed by atoms with van der Waals surface area (Å²) in [6.45, 7) is 3.12. The zero-order chi connectivity index (χ0) is 15.7. The lowest BCUT2D eigenvalue weighted by Gasteiger charge is -2.19. The van der Waals surface area contributed by atoms with Crippen molar-refractivity contribution in [2.75, 3.05) is 32.8 Å². The van der Waals surface area contributed by atoms with E-state index in [9.17, 15) is 14.4 Å². The van der Waals surface area contributed by atoms with E-state index in [0.29, 0.717) is 32.0 Å². The van der Waals surface area contributed by atoms with Gasteiger partial charge in [-0.25, -0.2) is 0 Å². The molecule has 0 aromatic carbocycles. The monoisotopic (exact) mass is 300 g/mol. The van der Waals surface area contributed by atoms with Crippen LogP contribution in [0, 0.1) is 5.92 Å². The number of aliphatic carboxylic acids is 1. The van der Waals surface area contributed by atoms with Gasteiger partial charge < -0.3 is 15.2 Å². The highest BCUT2D eigenvalue weighted by atomic mass is 16.5. The van der Waals surface area contributed by atoms with Crippen LogP contribution in [-0.2, 0) is 19.1 Å². The van der Waals surface area contributed by atoms with Gasteiger partial charge in [0.25, 0.3) is 0 Å². The van der Waals surface area contributed by atoms with Crippen LogP contribution >= 0.6 is 0 Å². The fraction of sp³-hybridized carbons (Fsp3) is 0.786. The van der Waals surface area contributed by atoms with E-state index in [1.807, 2.05) is 0 Å². The van der Waals surface area contributed by atoms with Crippen molar-refractivity contribution >= 4 is 17.8 Å². The third-order valence-corrected chi connectivity index (χ3v) is 3.12. The van der Waals surface area contributed by atoms with Gasteiger partial charge in [-0.2, -0.15) is 0 Å². The number of esters is 1. The van der Waals surface area contributed by atoms with Crippen molar-refractivity contribution in [1.82, 2.24) is 10.2 Å². The molecule has 2 N–H and O–H groups in total. The minimum Gasteiger partial charge on any atom is -0.480 e. The second kappa shape index (κ2) is 9.33. The number of carbonyl (C=O) groups is 3. The van der Waals surface area contributed by atoms with Crippen molar-refractivity contribution in [3.63, 3.8) is 0 Å². The first-order chi connectivity index (χ1) is 10.0. The first-order valence-electron chi connectivity index (χ1n) is 7.37. The summed E-state index contributed by atoms with van der Waals surface area (Å²) in [4.78, 5) is 35.3. The molecule has 0 aromatic heterocycles. The molecule has 21 heavy (non-hydrogen) atoms. The molecule has 1 aliphatic rings. The van der Waals surface area contributed by atoms with E-state index in [1.165, 1.54) is 0 Å². The Kier molecular flexibility index (Phi) is 7.74. The molecule has 1 rings (SSSR count). The summed E-state index contributed by atoms with van der Waals surface area (Å²) in [5.74, 6) is -0.875. The molecule has 0 unspecified atom stereocenters. The molecule has 1 fully saturated rings. The van der Waals surface area contributed by atoms with Crippen LogP contribution in [0.1, 0.15) is 32.6 Å². The number of nitrogens with zero attached hydrogens (tertiary/aromatic N) is 1. The van der Waals surface area contributed by atoms with Crippen molar-refractivity contribution in [1.29, 1.82) is 0 Å². The lowest BCUT2D eigenvalue weighted by molar-refractivity contribution is -0.143. The predicted octanol–water partition coefficient (Wildman–Crippen LogP) is 0.243. The smallest absolute Gasteiger partial charge is 0.317 e. The Morgan fingerprint density at radius 3 is 2.57 bits per heavy atom. The van der Waals surface area contributed by atoms with Crippen molar-refractivity contribution in [3.05, 3.63) is 0 Å². The number of nitrogens with one attached hydrogen (secondary N) is 1. The van der Waals surface area contributed by atoms with E-state index in [1.54, 1.807) is 11.8 Å². The van der Waals surface area contributed by atoms with Crippen LogP contribution in [0.3, 0.4) is 0 Å². The summed E-state index contributed by atoms with van der Waals surface area (Å²) in [5, 5.41) is 11.5. The van der Waals surface area contributed by atoms with Gasteiger partial charge in [-0.1, -0.05) is 0 Å². The molecule has 0 bridgehead atoms. The van der Waals surface area contributed by atoms with E-state index in [-0.39, 0.29) is 31.4 Å². The number of hydrogen-bond donors (Lipinski definition) is 2. The number of carbonyl (C=O) groups excluding carboxylic acids is 2. The lowest BCUT2D eigenvalue weighted by atomic mass is 10.3. The van der Waals surface area contributed by atoms with Crippen LogP contribution in [0.5, 0.6) is 0 Å². The molecule has 0 aromatic rings. The third-order valence-electron chi connectivity index (χ3n) is 3.12. The molecule has 1 amide bonds. The van der Waals surface area contributed by atoms with Gasteiger partial charge in [-0.05, 0) is 32.1 Å². The fourth-order valence-electron chi connectivity index (χ4n) is 1.99. The van der Waals surface area contributed by atoms with Gasteiger partial charge in [0.1, 0.15) is 0 Å². The van der Waals surface area contributed by atoms with Gasteiger partial charge in [0, 0.05) is 19.5 Å². The van der Waals surface area contributed by atoms with Crippen LogP contribution in [-0.4, -0.2) is 60.6 Å². The Bertz CT molecular complexity index is 368. The number of hydrogen-bond acceptors (Lipinski definition) is 5. The topological polar surface area (TPSA) is 95.9 Å². The molecule has 120 valence electrons. The van der Waals surface area contributed by atoms with Crippen LogP contribution in [0.4, 0.5) is 0 Å². The van der Waals surface area contributed by atoms with Crippen LogP contribution in [0.25, 0.3) is 0 Å². The minimum absolute atomic E-state index is 0.0855. The number of carboxylic acids is 1. The van der Waals surface area contributed by atoms with E-state index >= 15 is 0 Å². The minimum atomic E-state index is -0.925. The Morgan fingerprint density at radius 2 is 2.00 bits per heavy atom. The maximum atomic E-state index is 11.7. The maximum Gasteiger partial charge on any atom is 0.317 e. The molecular formula is C14H24N2O5. The van der Waals surface area contributed by atoms with Gasteiger partial charge in [0.05, 0.1) is 19.7 Å². The molecule has 0 spiro atoms.